The molecule has 6 heteroatoms. The molecule has 1 aromatic carbocycles. The van der Waals surface area contributed by atoms with Gasteiger partial charge in [0, 0.05) is 12.5 Å². The molecule has 1 aliphatic heterocycles. The van der Waals surface area contributed by atoms with E-state index in [4.69, 9.17) is 4.74 Å². The molecular formula is C18H22O6. The molecule has 0 aromatic heterocycles. The second-order valence-electron chi connectivity index (χ2n) is 5.85. The van der Waals surface area contributed by atoms with Crippen molar-refractivity contribution in [2.75, 3.05) is 0 Å². The third-order valence-corrected chi connectivity index (χ3v) is 3.77. The lowest BCUT2D eigenvalue weighted by molar-refractivity contribution is 0.0337. The van der Waals surface area contributed by atoms with Crippen molar-refractivity contribution in [3.05, 3.63) is 41.5 Å². The Morgan fingerprint density at radius 3 is 2.67 bits per heavy atom. The van der Waals surface area contributed by atoms with Gasteiger partial charge in [-0.3, -0.25) is 0 Å². The zero-order valence-electron chi connectivity index (χ0n) is 13.4. The van der Waals surface area contributed by atoms with Crippen LogP contribution in [0.4, 0.5) is 0 Å². The van der Waals surface area contributed by atoms with Crippen molar-refractivity contribution >= 4 is 12.0 Å². The number of phenols is 2. The Kier molecular flexibility index (Phi) is 6.00. The highest BCUT2D eigenvalue weighted by Crippen LogP contribution is 2.29. The second-order valence-corrected chi connectivity index (χ2v) is 5.85. The van der Waals surface area contributed by atoms with Crippen LogP contribution < -0.4 is 0 Å². The summed E-state index contributed by atoms with van der Waals surface area (Å²) in [5, 5.41) is 39.3. The number of aliphatic hydroxyl groups is 2. The number of benzene rings is 1. The van der Waals surface area contributed by atoms with Crippen LogP contribution in [-0.4, -0.2) is 44.7 Å². The van der Waals surface area contributed by atoms with Gasteiger partial charge in [-0.15, -0.1) is 0 Å². The quantitative estimate of drug-likeness (QED) is 0.428. The van der Waals surface area contributed by atoms with Gasteiger partial charge in [-0.25, -0.2) is 4.79 Å². The molecule has 0 bridgehead atoms. The molecule has 24 heavy (non-hydrogen) atoms. The largest absolute Gasteiger partial charge is 0.508 e. The minimum absolute atomic E-state index is 0.0162. The second kappa shape index (κ2) is 7.99. The zero-order chi connectivity index (χ0) is 17.7. The first-order valence-corrected chi connectivity index (χ1v) is 7.84. The van der Waals surface area contributed by atoms with E-state index in [1.54, 1.807) is 25.2 Å². The summed E-state index contributed by atoms with van der Waals surface area (Å²) in [5.41, 5.74) is 0.310. The number of carbonyl (C=O) groups is 1. The average Bonchev–Trinajstić information content (AvgIpc) is 2.49. The lowest BCUT2D eigenvalue weighted by Gasteiger charge is -2.16. The molecule has 0 unspecified atom stereocenters. The highest BCUT2D eigenvalue weighted by molar-refractivity contribution is 5.97. The molecule has 0 spiro atoms. The van der Waals surface area contributed by atoms with E-state index in [0.29, 0.717) is 24.8 Å². The fourth-order valence-corrected chi connectivity index (χ4v) is 2.46. The molecule has 0 radical (unpaired) electrons. The van der Waals surface area contributed by atoms with Crippen molar-refractivity contribution in [3.8, 4) is 11.5 Å². The summed E-state index contributed by atoms with van der Waals surface area (Å²) in [6.07, 6.45) is 5.18. The van der Waals surface area contributed by atoms with Crippen molar-refractivity contribution < 1.29 is 30.0 Å². The number of fused-ring (bicyclic) bond motifs is 1. The van der Waals surface area contributed by atoms with E-state index >= 15 is 0 Å². The van der Waals surface area contributed by atoms with Crippen LogP contribution in [0.3, 0.4) is 0 Å². The Bertz CT molecular complexity index is 649. The lowest BCUT2D eigenvalue weighted by atomic mass is 10.0. The van der Waals surface area contributed by atoms with Gasteiger partial charge < -0.3 is 25.2 Å². The molecule has 1 aliphatic rings. The number of phenolic OH excluding ortho intramolecular Hbond substituents is 2. The summed E-state index contributed by atoms with van der Waals surface area (Å²) in [6.45, 7) is 1.68. The van der Waals surface area contributed by atoms with Crippen molar-refractivity contribution in [1.29, 1.82) is 0 Å². The Labute approximate surface area is 140 Å². The molecule has 1 aromatic rings. The predicted octanol–water partition coefficient (Wildman–Crippen LogP) is 2.12. The van der Waals surface area contributed by atoms with Crippen LogP contribution in [0.2, 0.25) is 0 Å². The molecular weight excluding hydrogens is 312 g/mol. The number of hydrogen-bond acceptors (Lipinski definition) is 6. The zero-order valence-corrected chi connectivity index (χ0v) is 13.4. The maximum Gasteiger partial charge on any atom is 0.342 e. The number of rotatable bonds is 0. The summed E-state index contributed by atoms with van der Waals surface area (Å²) in [7, 11) is 0. The van der Waals surface area contributed by atoms with Crippen molar-refractivity contribution in [2.45, 2.75) is 44.5 Å². The molecule has 0 saturated carbocycles. The molecule has 2 rings (SSSR count). The molecule has 0 amide bonds. The van der Waals surface area contributed by atoms with Crippen molar-refractivity contribution in [1.82, 2.24) is 0 Å². The van der Waals surface area contributed by atoms with Gasteiger partial charge in [0.15, 0.2) is 0 Å². The van der Waals surface area contributed by atoms with Crippen LogP contribution in [-0.2, 0) is 4.74 Å². The van der Waals surface area contributed by atoms with Crippen LogP contribution >= 0.6 is 0 Å². The fraction of sp³-hybridized carbons (Fsp3) is 0.389. The Morgan fingerprint density at radius 1 is 1.17 bits per heavy atom. The normalized spacial score (nSPS) is 28.3. The molecule has 0 aliphatic carbocycles. The van der Waals surface area contributed by atoms with E-state index in [9.17, 15) is 25.2 Å². The maximum atomic E-state index is 12.3. The number of allylic oxidation sites excluding steroid dienone is 1. The summed E-state index contributed by atoms with van der Waals surface area (Å²) < 4.78 is 5.29. The Morgan fingerprint density at radius 2 is 1.92 bits per heavy atom. The third-order valence-electron chi connectivity index (χ3n) is 3.77. The first kappa shape index (κ1) is 18.0. The monoisotopic (exact) mass is 334 g/mol. The molecule has 6 nitrogen and oxygen atoms in total. The van der Waals surface area contributed by atoms with Crippen LogP contribution in [0.5, 0.6) is 11.5 Å². The van der Waals surface area contributed by atoms with Gasteiger partial charge in [-0.2, -0.15) is 0 Å². The van der Waals surface area contributed by atoms with Gasteiger partial charge in [-0.1, -0.05) is 24.3 Å². The lowest BCUT2D eigenvalue weighted by Crippen LogP contribution is -2.23. The Hall–Kier alpha value is -2.31. The van der Waals surface area contributed by atoms with Gasteiger partial charge in [-0.05, 0) is 31.4 Å². The van der Waals surface area contributed by atoms with Crippen molar-refractivity contribution in [2.24, 2.45) is 0 Å². The summed E-state index contributed by atoms with van der Waals surface area (Å²) in [4.78, 5) is 12.3. The maximum absolute atomic E-state index is 12.3. The first-order chi connectivity index (χ1) is 11.4. The average molecular weight is 334 g/mol. The first-order valence-electron chi connectivity index (χ1n) is 7.84. The van der Waals surface area contributed by atoms with Gasteiger partial charge >= 0.3 is 5.97 Å². The number of carbonyl (C=O) groups excluding carboxylic acids is 1. The highest BCUT2D eigenvalue weighted by Gasteiger charge is 2.20. The topological polar surface area (TPSA) is 107 Å². The van der Waals surface area contributed by atoms with Crippen LogP contribution in [0.1, 0.15) is 42.1 Å². The van der Waals surface area contributed by atoms with Crippen molar-refractivity contribution in [3.63, 3.8) is 0 Å². The predicted molar refractivity (Wildman–Crippen MR) is 88.7 cm³/mol. The molecule has 0 saturated heterocycles. The number of ether oxygens (including phenoxy) is 1. The van der Waals surface area contributed by atoms with Gasteiger partial charge in [0.1, 0.15) is 23.2 Å². The van der Waals surface area contributed by atoms with E-state index in [2.05, 4.69) is 0 Å². The van der Waals surface area contributed by atoms with Crippen LogP contribution in [0.15, 0.2) is 30.4 Å². The van der Waals surface area contributed by atoms with E-state index in [-0.39, 0.29) is 17.1 Å². The van der Waals surface area contributed by atoms with Gasteiger partial charge in [0.2, 0.25) is 0 Å². The van der Waals surface area contributed by atoms with Crippen LogP contribution in [0.25, 0.3) is 6.08 Å². The van der Waals surface area contributed by atoms with Crippen LogP contribution in [0, 0.1) is 0 Å². The SMILES string of the molecule is C[C@H]1C/C=C\[C@@H](O)[C@@H](O)CC/C=C\c2cc(O)cc(O)c2C(=O)O1. The molecule has 3 atom stereocenters. The smallest absolute Gasteiger partial charge is 0.342 e. The fourth-order valence-electron chi connectivity index (χ4n) is 2.46. The molecule has 0 fully saturated rings. The number of aromatic hydroxyl groups is 2. The minimum atomic E-state index is -0.982. The summed E-state index contributed by atoms with van der Waals surface area (Å²) in [6, 6.07) is 2.44. The van der Waals surface area contributed by atoms with E-state index in [1.807, 2.05) is 0 Å². The summed E-state index contributed by atoms with van der Waals surface area (Å²) in [5.74, 6) is -1.22. The molecule has 130 valence electrons. The standard InChI is InChI=1S/C18H22O6/c1-11-5-4-8-15(21)14(20)7-3-2-6-12-9-13(19)10-16(22)17(12)18(23)24-11/h2,4,6,8-11,14-15,19-22H,3,5,7H2,1H3/b6-2-,8-4-/t11-,14-,15+/m0/s1. The number of hydrogen-bond donors (Lipinski definition) is 4. The van der Waals surface area contributed by atoms with E-state index < -0.39 is 24.3 Å². The number of esters is 1. The van der Waals surface area contributed by atoms with Gasteiger partial charge in [0.05, 0.1) is 12.2 Å². The third kappa shape index (κ3) is 4.59. The number of aliphatic hydroxyl groups excluding tert-OH is 2. The van der Waals surface area contributed by atoms with E-state index in [1.165, 1.54) is 12.1 Å². The minimum Gasteiger partial charge on any atom is -0.508 e. The van der Waals surface area contributed by atoms with Gasteiger partial charge in [0.25, 0.3) is 0 Å². The summed E-state index contributed by atoms with van der Waals surface area (Å²) >= 11 is 0. The molecule has 4 N–H and O–H groups in total. The molecule has 1 heterocycles. The van der Waals surface area contributed by atoms with E-state index in [0.717, 1.165) is 6.07 Å². The Balaban J connectivity index is 2.36. The highest BCUT2D eigenvalue weighted by atomic mass is 16.5. The number of cyclic esters (lactones) is 1.